The molecule has 1 aromatic carbocycles. The van der Waals surface area contributed by atoms with E-state index >= 15 is 0 Å². The first-order chi connectivity index (χ1) is 12.2. The van der Waals surface area contributed by atoms with Crippen LogP contribution in [0.2, 0.25) is 0 Å². The van der Waals surface area contributed by atoms with Crippen molar-refractivity contribution in [3.05, 3.63) is 59.0 Å². The van der Waals surface area contributed by atoms with Gasteiger partial charge in [-0.25, -0.2) is 4.98 Å². The molecule has 2 heterocycles. The molecule has 3 rings (SSSR count). The van der Waals surface area contributed by atoms with E-state index in [-0.39, 0.29) is 12.3 Å². The maximum absolute atomic E-state index is 9.19. The molecule has 3 aromatic rings. The number of anilines is 1. The zero-order valence-corrected chi connectivity index (χ0v) is 14.9. The summed E-state index contributed by atoms with van der Waals surface area (Å²) in [6.45, 7) is 1.65. The number of aromatic nitrogens is 3. The van der Waals surface area contributed by atoms with E-state index in [9.17, 15) is 5.26 Å². The van der Waals surface area contributed by atoms with Crippen LogP contribution in [-0.4, -0.2) is 21.1 Å². The zero-order valence-electron chi connectivity index (χ0n) is 13.4. The van der Waals surface area contributed by atoms with Crippen LogP contribution in [0.3, 0.4) is 0 Å². The number of ether oxygens (including phenoxy) is 1. The van der Waals surface area contributed by atoms with Gasteiger partial charge in [0.2, 0.25) is 17.5 Å². The second kappa shape index (κ2) is 8.35. The first-order valence-electron chi connectivity index (χ1n) is 7.72. The summed E-state index contributed by atoms with van der Waals surface area (Å²) in [4.78, 5) is 8.15. The van der Waals surface area contributed by atoms with Gasteiger partial charge in [0.05, 0.1) is 6.33 Å². The van der Waals surface area contributed by atoms with Gasteiger partial charge in [0.1, 0.15) is 11.8 Å². The van der Waals surface area contributed by atoms with Crippen LogP contribution in [0.25, 0.3) is 0 Å². The van der Waals surface area contributed by atoms with E-state index in [2.05, 4.69) is 31.2 Å². The average Bonchev–Trinajstić information content (AvgIpc) is 3.26. The second-order valence-corrected chi connectivity index (χ2v) is 6.14. The van der Waals surface area contributed by atoms with Crippen molar-refractivity contribution >= 4 is 21.8 Å². The molecule has 1 N–H and O–H groups in total. The fourth-order valence-corrected chi connectivity index (χ4v) is 2.58. The van der Waals surface area contributed by atoms with E-state index in [0.29, 0.717) is 24.1 Å². The second-order valence-electron chi connectivity index (χ2n) is 5.22. The number of nitrogens with one attached hydrogen (secondary N) is 1. The summed E-state index contributed by atoms with van der Waals surface area (Å²) < 4.78 is 14.1. The predicted octanol–water partition coefficient (Wildman–Crippen LogP) is 3.59. The molecule has 2 aromatic heterocycles. The summed E-state index contributed by atoms with van der Waals surface area (Å²) in [6.07, 6.45) is 6.29. The zero-order chi connectivity index (χ0) is 17.5. The lowest BCUT2D eigenvalue weighted by molar-refractivity contribution is 0.264. The van der Waals surface area contributed by atoms with Gasteiger partial charge in [0.25, 0.3) is 0 Å². The average molecular weight is 402 g/mol. The monoisotopic (exact) mass is 401 g/mol. The largest absolute Gasteiger partial charge is 0.484 e. The van der Waals surface area contributed by atoms with Crippen molar-refractivity contribution in [2.75, 3.05) is 11.9 Å². The minimum atomic E-state index is 0.155. The number of halogens is 1. The molecule has 0 saturated carbocycles. The normalized spacial score (nSPS) is 10.4. The minimum Gasteiger partial charge on any atom is -0.484 e. The van der Waals surface area contributed by atoms with Gasteiger partial charge < -0.3 is 19.0 Å². The van der Waals surface area contributed by atoms with E-state index in [1.807, 2.05) is 41.1 Å². The molecule has 0 unspecified atom stereocenters. The molecule has 0 amide bonds. The highest BCUT2D eigenvalue weighted by Gasteiger charge is 2.13. The van der Waals surface area contributed by atoms with Gasteiger partial charge in [-0.3, -0.25) is 0 Å². The number of nitrogens with zero attached hydrogens (tertiary/aromatic N) is 4. The van der Waals surface area contributed by atoms with Gasteiger partial charge in [0, 0.05) is 30.0 Å². The highest BCUT2D eigenvalue weighted by atomic mass is 79.9. The van der Waals surface area contributed by atoms with Gasteiger partial charge in [-0.15, -0.1) is 0 Å². The smallest absolute Gasteiger partial charge is 0.236 e. The van der Waals surface area contributed by atoms with E-state index in [1.54, 1.807) is 12.5 Å². The maximum atomic E-state index is 9.19. The lowest BCUT2D eigenvalue weighted by Crippen LogP contribution is -2.06. The Morgan fingerprint density at radius 2 is 2.32 bits per heavy atom. The van der Waals surface area contributed by atoms with Crippen LogP contribution < -0.4 is 10.1 Å². The van der Waals surface area contributed by atoms with Crippen molar-refractivity contribution in [2.24, 2.45) is 0 Å². The SMILES string of the molecule is N#Cc1nc(COc2cccc(Br)c2)oc1NCCCn1ccnc1. The summed E-state index contributed by atoms with van der Waals surface area (Å²) in [5.41, 5.74) is 0.232. The Hall–Kier alpha value is -2.79. The summed E-state index contributed by atoms with van der Waals surface area (Å²) in [7, 11) is 0. The Kier molecular flexibility index (Phi) is 5.69. The van der Waals surface area contributed by atoms with Crippen LogP contribution in [0.1, 0.15) is 18.0 Å². The van der Waals surface area contributed by atoms with Crippen LogP contribution in [0.15, 0.2) is 51.9 Å². The molecule has 0 radical (unpaired) electrons. The van der Waals surface area contributed by atoms with Crippen molar-refractivity contribution < 1.29 is 9.15 Å². The van der Waals surface area contributed by atoms with Crippen LogP contribution in [0.4, 0.5) is 5.88 Å². The van der Waals surface area contributed by atoms with Crippen molar-refractivity contribution in [1.29, 1.82) is 5.26 Å². The number of hydrogen-bond donors (Lipinski definition) is 1. The summed E-state index contributed by atoms with van der Waals surface area (Å²) in [5, 5.41) is 12.3. The third-order valence-electron chi connectivity index (χ3n) is 3.37. The molecule has 0 aliphatic rings. The maximum Gasteiger partial charge on any atom is 0.236 e. The van der Waals surface area contributed by atoms with Crippen molar-refractivity contribution in [3.8, 4) is 11.8 Å². The fraction of sp³-hybridized carbons (Fsp3) is 0.235. The van der Waals surface area contributed by atoms with Gasteiger partial charge >= 0.3 is 0 Å². The summed E-state index contributed by atoms with van der Waals surface area (Å²) in [6, 6.07) is 9.52. The Bertz CT molecular complexity index is 854. The molecule has 128 valence electrons. The van der Waals surface area contributed by atoms with Gasteiger partial charge in [0.15, 0.2) is 6.61 Å². The summed E-state index contributed by atoms with van der Waals surface area (Å²) in [5.74, 6) is 1.43. The van der Waals surface area contributed by atoms with Crippen molar-refractivity contribution in [2.45, 2.75) is 19.6 Å². The van der Waals surface area contributed by atoms with E-state index in [1.165, 1.54) is 0 Å². The fourth-order valence-electron chi connectivity index (χ4n) is 2.21. The van der Waals surface area contributed by atoms with E-state index in [4.69, 9.17) is 9.15 Å². The lowest BCUT2D eigenvalue weighted by Gasteiger charge is -2.04. The molecular formula is C17H16BrN5O2. The number of rotatable bonds is 8. The third-order valence-corrected chi connectivity index (χ3v) is 3.87. The molecule has 0 aliphatic carbocycles. The Morgan fingerprint density at radius 1 is 1.40 bits per heavy atom. The molecule has 8 heteroatoms. The van der Waals surface area contributed by atoms with Crippen LogP contribution >= 0.6 is 15.9 Å². The Morgan fingerprint density at radius 3 is 3.08 bits per heavy atom. The highest BCUT2D eigenvalue weighted by molar-refractivity contribution is 9.10. The highest BCUT2D eigenvalue weighted by Crippen LogP contribution is 2.21. The van der Waals surface area contributed by atoms with Gasteiger partial charge in [-0.2, -0.15) is 10.2 Å². The van der Waals surface area contributed by atoms with Gasteiger partial charge in [-0.05, 0) is 24.6 Å². The molecule has 0 bridgehead atoms. The number of nitriles is 1. The molecule has 7 nitrogen and oxygen atoms in total. The Labute approximate surface area is 153 Å². The predicted molar refractivity (Wildman–Crippen MR) is 95.0 cm³/mol. The number of aryl methyl sites for hydroxylation is 1. The first kappa shape index (κ1) is 17.0. The molecule has 0 atom stereocenters. The van der Waals surface area contributed by atoms with Crippen molar-refractivity contribution in [3.63, 3.8) is 0 Å². The minimum absolute atomic E-state index is 0.155. The number of hydrogen-bond acceptors (Lipinski definition) is 6. The lowest BCUT2D eigenvalue weighted by atomic mass is 10.3. The van der Waals surface area contributed by atoms with Crippen molar-refractivity contribution in [1.82, 2.24) is 14.5 Å². The molecule has 0 spiro atoms. The van der Waals surface area contributed by atoms with Crippen LogP contribution in [0.5, 0.6) is 5.75 Å². The summed E-state index contributed by atoms with van der Waals surface area (Å²) >= 11 is 3.39. The standard InChI is InChI=1S/C17H16BrN5O2/c18-13-3-1-4-14(9-13)24-11-16-22-15(10-19)17(25-16)21-5-2-7-23-8-6-20-12-23/h1,3-4,6,8-9,12,21H,2,5,7,11H2. The first-order valence-corrected chi connectivity index (χ1v) is 8.51. The Balaban J connectivity index is 1.53. The molecule has 25 heavy (non-hydrogen) atoms. The number of oxazole rings is 1. The van der Waals surface area contributed by atoms with E-state index in [0.717, 1.165) is 17.4 Å². The third kappa shape index (κ3) is 4.84. The van der Waals surface area contributed by atoms with Crippen LogP contribution in [0, 0.1) is 11.3 Å². The number of benzene rings is 1. The quantitative estimate of drug-likeness (QED) is 0.580. The van der Waals surface area contributed by atoms with E-state index < -0.39 is 0 Å². The topological polar surface area (TPSA) is 88.9 Å². The molecular weight excluding hydrogens is 386 g/mol. The molecule has 0 saturated heterocycles. The molecule has 0 fully saturated rings. The molecule has 0 aliphatic heterocycles. The number of imidazole rings is 1. The van der Waals surface area contributed by atoms with Crippen LogP contribution in [-0.2, 0) is 13.2 Å². The van der Waals surface area contributed by atoms with Gasteiger partial charge in [-0.1, -0.05) is 22.0 Å².